The smallest absolute Gasteiger partial charge is 0.326 e. The molecule has 2 aromatic rings. The second-order valence-electron chi connectivity index (χ2n) is 6.51. The Morgan fingerprint density at radius 3 is 2.81 bits per heavy atom. The van der Waals surface area contributed by atoms with E-state index in [1.807, 2.05) is 30.3 Å². The predicted molar refractivity (Wildman–Crippen MR) is 99.3 cm³/mol. The van der Waals surface area contributed by atoms with Crippen molar-refractivity contribution in [3.63, 3.8) is 0 Å². The number of rotatable bonds is 7. The number of carbonyl (C=O) groups is 1. The minimum atomic E-state index is -0.930. The lowest BCUT2D eigenvalue weighted by atomic mass is 10.0. The van der Waals surface area contributed by atoms with Crippen LogP contribution < -0.4 is 10.2 Å². The van der Waals surface area contributed by atoms with Gasteiger partial charge < -0.3 is 20.4 Å². The van der Waals surface area contributed by atoms with E-state index in [0.717, 1.165) is 31.4 Å². The number of aliphatic carboxylic acids is 1. The topological polar surface area (TPSA) is 98.6 Å². The molecule has 1 aromatic heterocycles. The van der Waals surface area contributed by atoms with E-state index in [0.29, 0.717) is 18.1 Å². The highest BCUT2D eigenvalue weighted by atomic mass is 16.4. The zero-order valence-electron chi connectivity index (χ0n) is 14.6. The summed E-state index contributed by atoms with van der Waals surface area (Å²) in [5.74, 6) is 0.255. The van der Waals surface area contributed by atoms with Crippen molar-refractivity contribution in [3.05, 3.63) is 48.3 Å². The van der Waals surface area contributed by atoms with Crippen LogP contribution in [0.5, 0.6) is 0 Å². The van der Waals surface area contributed by atoms with E-state index in [4.69, 9.17) is 0 Å². The largest absolute Gasteiger partial charge is 0.480 e. The lowest BCUT2D eigenvalue weighted by Crippen LogP contribution is -2.42. The van der Waals surface area contributed by atoms with Crippen LogP contribution in [0.3, 0.4) is 0 Å². The van der Waals surface area contributed by atoms with Crippen LogP contribution in [0.2, 0.25) is 0 Å². The second-order valence-corrected chi connectivity index (χ2v) is 6.51. The van der Waals surface area contributed by atoms with Gasteiger partial charge in [-0.15, -0.1) is 0 Å². The first-order chi connectivity index (χ1) is 12.7. The Labute approximate surface area is 152 Å². The third-order valence-electron chi connectivity index (χ3n) is 4.69. The van der Waals surface area contributed by atoms with Crippen LogP contribution in [0.1, 0.15) is 24.8 Å². The van der Waals surface area contributed by atoms with Gasteiger partial charge in [0, 0.05) is 19.0 Å². The first-order valence-corrected chi connectivity index (χ1v) is 8.90. The molecule has 26 heavy (non-hydrogen) atoms. The molecule has 1 aromatic carbocycles. The van der Waals surface area contributed by atoms with Gasteiger partial charge >= 0.3 is 5.97 Å². The summed E-state index contributed by atoms with van der Waals surface area (Å²) in [7, 11) is 0. The van der Waals surface area contributed by atoms with Crippen LogP contribution >= 0.6 is 0 Å². The number of carboxylic acid groups (broad SMARTS) is 1. The van der Waals surface area contributed by atoms with Gasteiger partial charge in [0.25, 0.3) is 0 Å². The van der Waals surface area contributed by atoms with E-state index in [9.17, 15) is 15.0 Å². The molecule has 0 spiro atoms. The van der Waals surface area contributed by atoms with Crippen molar-refractivity contribution in [2.75, 3.05) is 23.4 Å². The van der Waals surface area contributed by atoms with Gasteiger partial charge in [0.05, 0.1) is 12.6 Å². The average molecular weight is 356 g/mol. The van der Waals surface area contributed by atoms with Crippen LogP contribution in [-0.2, 0) is 11.2 Å². The van der Waals surface area contributed by atoms with Crippen molar-refractivity contribution in [1.29, 1.82) is 0 Å². The van der Waals surface area contributed by atoms with Crippen LogP contribution in [-0.4, -0.2) is 51.4 Å². The number of carboxylic acids is 1. The van der Waals surface area contributed by atoms with Crippen molar-refractivity contribution in [3.8, 4) is 0 Å². The fraction of sp³-hybridized carbons (Fsp3) is 0.421. The number of aromatic nitrogens is 2. The molecule has 0 radical (unpaired) electrons. The fourth-order valence-corrected chi connectivity index (χ4v) is 3.30. The van der Waals surface area contributed by atoms with E-state index in [-0.39, 0.29) is 12.6 Å². The molecule has 1 fully saturated rings. The minimum Gasteiger partial charge on any atom is -0.480 e. The number of hydrogen-bond donors (Lipinski definition) is 3. The Bertz CT molecular complexity index is 726. The summed E-state index contributed by atoms with van der Waals surface area (Å²) in [6.45, 7) is 0.909. The molecule has 1 saturated heterocycles. The van der Waals surface area contributed by atoms with E-state index >= 15 is 0 Å². The van der Waals surface area contributed by atoms with Gasteiger partial charge in [-0.25, -0.2) is 14.8 Å². The molecule has 0 amide bonds. The third kappa shape index (κ3) is 4.49. The maximum absolute atomic E-state index is 11.6. The second kappa shape index (κ2) is 8.62. The third-order valence-corrected chi connectivity index (χ3v) is 4.69. The minimum absolute atomic E-state index is 0.0473. The van der Waals surface area contributed by atoms with E-state index < -0.39 is 12.0 Å². The van der Waals surface area contributed by atoms with Crippen LogP contribution in [0, 0.1) is 0 Å². The molecule has 3 N–H and O–H groups in total. The van der Waals surface area contributed by atoms with Gasteiger partial charge in [-0.2, -0.15) is 0 Å². The Balaban J connectivity index is 1.74. The van der Waals surface area contributed by atoms with Gasteiger partial charge in [-0.05, 0) is 24.8 Å². The number of nitrogens with one attached hydrogen (secondary N) is 1. The van der Waals surface area contributed by atoms with E-state index in [1.54, 1.807) is 6.07 Å². The van der Waals surface area contributed by atoms with Crippen molar-refractivity contribution in [1.82, 2.24) is 9.97 Å². The van der Waals surface area contributed by atoms with E-state index in [2.05, 4.69) is 20.2 Å². The zero-order chi connectivity index (χ0) is 18.4. The molecule has 2 atom stereocenters. The molecular formula is C19H24N4O3. The maximum Gasteiger partial charge on any atom is 0.326 e. The Morgan fingerprint density at radius 2 is 2.08 bits per heavy atom. The number of nitrogens with zero attached hydrogens (tertiary/aromatic N) is 3. The molecule has 7 heteroatoms. The van der Waals surface area contributed by atoms with Crippen LogP contribution in [0.25, 0.3) is 0 Å². The molecular weight excluding hydrogens is 332 g/mol. The van der Waals surface area contributed by atoms with Crippen molar-refractivity contribution >= 4 is 17.6 Å². The van der Waals surface area contributed by atoms with Gasteiger partial charge in [-0.1, -0.05) is 30.3 Å². The zero-order valence-corrected chi connectivity index (χ0v) is 14.6. The standard InChI is InChI=1S/C19H24N4O3/c24-12-15-8-4-5-9-23(15)18-11-17(20-13-21-18)22-16(19(25)26)10-14-6-2-1-3-7-14/h1-3,6-7,11,13,15-16,24H,4-5,8-10,12H2,(H,25,26)(H,20,21,22)/t15?,16-/m0/s1. The number of piperidine rings is 1. The quantitative estimate of drug-likeness (QED) is 0.697. The number of aliphatic hydroxyl groups excluding tert-OH is 1. The number of hydrogen-bond acceptors (Lipinski definition) is 6. The predicted octanol–water partition coefficient (Wildman–Crippen LogP) is 1.94. The van der Waals surface area contributed by atoms with Gasteiger partial charge in [0.1, 0.15) is 24.0 Å². The molecule has 0 aliphatic carbocycles. The van der Waals surface area contributed by atoms with Gasteiger partial charge in [0.15, 0.2) is 0 Å². The summed E-state index contributed by atoms with van der Waals surface area (Å²) in [5.41, 5.74) is 0.943. The summed E-state index contributed by atoms with van der Waals surface area (Å²) in [5, 5.41) is 22.1. The van der Waals surface area contributed by atoms with Crippen molar-refractivity contribution in [2.24, 2.45) is 0 Å². The molecule has 2 heterocycles. The molecule has 3 rings (SSSR count). The van der Waals surface area contributed by atoms with Crippen molar-refractivity contribution in [2.45, 2.75) is 37.8 Å². The molecule has 1 aliphatic rings. The van der Waals surface area contributed by atoms with Crippen LogP contribution in [0.15, 0.2) is 42.7 Å². The summed E-state index contributed by atoms with van der Waals surface area (Å²) < 4.78 is 0. The Hall–Kier alpha value is -2.67. The number of aliphatic hydroxyl groups is 1. The molecule has 0 bridgehead atoms. The SMILES string of the molecule is O=C(O)[C@H](Cc1ccccc1)Nc1cc(N2CCCCC2CO)ncn1. The number of benzene rings is 1. The molecule has 138 valence electrons. The molecule has 1 unspecified atom stereocenters. The lowest BCUT2D eigenvalue weighted by Gasteiger charge is -2.35. The van der Waals surface area contributed by atoms with Crippen molar-refractivity contribution < 1.29 is 15.0 Å². The normalized spacial score (nSPS) is 18.3. The number of anilines is 2. The van der Waals surface area contributed by atoms with E-state index in [1.165, 1.54) is 6.33 Å². The summed E-state index contributed by atoms with van der Waals surface area (Å²) in [4.78, 5) is 22.2. The van der Waals surface area contributed by atoms with Crippen LogP contribution in [0.4, 0.5) is 11.6 Å². The highest BCUT2D eigenvalue weighted by molar-refractivity contribution is 5.77. The fourth-order valence-electron chi connectivity index (χ4n) is 3.30. The summed E-state index contributed by atoms with van der Waals surface area (Å²) in [6.07, 6.45) is 4.86. The Kier molecular flexibility index (Phi) is 6.01. The maximum atomic E-state index is 11.6. The highest BCUT2D eigenvalue weighted by Gasteiger charge is 2.24. The molecule has 0 saturated carbocycles. The molecule has 1 aliphatic heterocycles. The van der Waals surface area contributed by atoms with Gasteiger partial charge in [-0.3, -0.25) is 0 Å². The first-order valence-electron chi connectivity index (χ1n) is 8.90. The average Bonchev–Trinajstić information content (AvgIpc) is 2.68. The summed E-state index contributed by atoms with van der Waals surface area (Å²) >= 11 is 0. The molecule has 7 nitrogen and oxygen atoms in total. The Morgan fingerprint density at radius 1 is 1.27 bits per heavy atom. The lowest BCUT2D eigenvalue weighted by molar-refractivity contribution is -0.137. The highest BCUT2D eigenvalue weighted by Crippen LogP contribution is 2.24. The summed E-state index contributed by atoms with van der Waals surface area (Å²) in [6, 6.07) is 10.5. The van der Waals surface area contributed by atoms with Gasteiger partial charge in [0.2, 0.25) is 0 Å². The first kappa shape index (κ1) is 18.1. The monoisotopic (exact) mass is 356 g/mol.